The summed E-state index contributed by atoms with van der Waals surface area (Å²) in [4.78, 5) is 0. The minimum Gasteiger partial charge on any atom is -0.489 e. The first-order valence-corrected chi connectivity index (χ1v) is 6.48. The van der Waals surface area contributed by atoms with E-state index >= 15 is 0 Å². The van der Waals surface area contributed by atoms with Gasteiger partial charge >= 0.3 is 0 Å². The molecule has 0 aliphatic carbocycles. The number of nitrogens with one attached hydrogen (secondary N) is 1. The fraction of sp³-hybridized carbons (Fsp3) is 0.571. The molecule has 1 rings (SSSR count). The van der Waals surface area contributed by atoms with Crippen LogP contribution in [0.5, 0.6) is 5.75 Å². The maximum absolute atomic E-state index is 5.82. The van der Waals surface area contributed by atoms with Crippen LogP contribution >= 0.6 is 11.6 Å². The van der Waals surface area contributed by atoms with Crippen molar-refractivity contribution in [1.82, 2.24) is 5.32 Å². The Bertz CT molecular complexity index is 335. The van der Waals surface area contributed by atoms with Gasteiger partial charge < -0.3 is 10.1 Å². The predicted octanol–water partition coefficient (Wildman–Crippen LogP) is 3.89. The summed E-state index contributed by atoms with van der Waals surface area (Å²) >= 11 is 5.82. The van der Waals surface area contributed by atoms with E-state index < -0.39 is 0 Å². The van der Waals surface area contributed by atoms with Crippen molar-refractivity contribution in [3.05, 3.63) is 29.3 Å². The van der Waals surface area contributed by atoms with Gasteiger partial charge in [-0.1, -0.05) is 18.5 Å². The van der Waals surface area contributed by atoms with Gasteiger partial charge in [-0.15, -0.1) is 0 Å². The molecule has 0 spiro atoms. The third kappa shape index (κ3) is 5.42. The van der Waals surface area contributed by atoms with Gasteiger partial charge in [-0.05, 0) is 51.5 Å². The number of ether oxygens (including phenoxy) is 1. The quantitative estimate of drug-likeness (QED) is 0.833. The zero-order valence-electron chi connectivity index (χ0n) is 11.1. The van der Waals surface area contributed by atoms with E-state index in [2.05, 4.69) is 33.0 Å². The lowest BCUT2D eigenvalue weighted by Crippen LogP contribution is -2.43. The van der Waals surface area contributed by atoms with Crippen LogP contribution in [-0.2, 0) is 0 Å². The van der Waals surface area contributed by atoms with Gasteiger partial charge in [-0.25, -0.2) is 0 Å². The minimum absolute atomic E-state index is 0.141. The molecule has 17 heavy (non-hydrogen) atoms. The van der Waals surface area contributed by atoms with Crippen molar-refractivity contribution in [1.29, 1.82) is 0 Å². The Morgan fingerprint density at radius 2 is 1.88 bits per heavy atom. The normalized spacial score (nSPS) is 13.5. The fourth-order valence-electron chi connectivity index (χ4n) is 1.33. The smallest absolute Gasteiger partial charge is 0.119 e. The van der Waals surface area contributed by atoms with Crippen LogP contribution in [0.3, 0.4) is 0 Å². The molecular weight excluding hydrogens is 234 g/mol. The zero-order chi connectivity index (χ0) is 12.9. The SMILES string of the molecule is CCC(C)(C)NCC(C)Oc1ccc(Cl)cc1. The lowest BCUT2D eigenvalue weighted by molar-refractivity contribution is 0.199. The Morgan fingerprint density at radius 3 is 2.41 bits per heavy atom. The molecule has 0 bridgehead atoms. The van der Waals surface area contributed by atoms with Crippen molar-refractivity contribution in [2.45, 2.75) is 45.8 Å². The van der Waals surface area contributed by atoms with Gasteiger partial charge in [-0.2, -0.15) is 0 Å². The highest BCUT2D eigenvalue weighted by molar-refractivity contribution is 6.30. The van der Waals surface area contributed by atoms with Gasteiger partial charge in [0.1, 0.15) is 11.9 Å². The average Bonchev–Trinajstić information content (AvgIpc) is 2.30. The first-order valence-electron chi connectivity index (χ1n) is 6.10. The molecule has 0 radical (unpaired) electrons. The summed E-state index contributed by atoms with van der Waals surface area (Å²) in [5, 5.41) is 4.22. The molecule has 0 saturated carbocycles. The fourth-order valence-corrected chi connectivity index (χ4v) is 1.46. The maximum atomic E-state index is 5.82. The highest BCUT2D eigenvalue weighted by atomic mass is 35.5. The van der Waals surface area contributed by atoms with Crippen molar-refractivity contribution in [2.75, 3.05) is 6.54 Å². The van der Waals surface area contributed by atoms with E-state index in [-0.39, 0.29) is 11.6 Å². The second kappa shape index (κ2) is 6.27. The molecule has 1 atom stereocenters. The number of hydrogen-bond acceptors (Lipinski definition) is 2. The Morgan fingerprint density at radius 1 is 1.29 bits per heavy atom. The van der Waals surface area contributed by atoms with E-state index in [1.807, 2.05) is 24.3 Å². The lowest BCUT2D eigenvalue weighted by Gasteiger charge is -2.27. The molecule has 1 N–H and O–H groups in total. The van der Waals surface area contributed by atoms with Crippen LogP contribution in [0.4, 0.5) is 0 Å². The van der Waals surface area contributed by atoms with Crippen molar-refractivity contribution >= 4 is 11.6 Å². The molecule has 0 heterocycles. The summed E-state index contributed by atoms with van der Waals surface area (Å²) in [7, 11) is 0. The van der Waals surface area contributed by atoms with Gasteiger partial charge in [-0.3, -0.25) is 0 Å². The van der Waals surface area contributed by atoms with E-state index in [1.54, 1.807) is 0 Å². The standard InChI is InChI=1S/C14H22ClNO/c1-5-14(3,4)16-10-11(2)17-13-8-6-12(15)7-9-13/h6-9,11,16H,5,10H2,1-4H3. The Hall–Kier alpha value is -0.730. The van der Waals surface area contributed by atoms with Gasteiger partial charge in [0.15, 0.2) is 0 Å². The number of halogens is 1. The van der Waals surface area contributed by atoms with Gasteiger partial charge in [0.05, 0.1) is 0 Å². The van der Waals surface area contributed by atoms with Crippen molar-refractivity contribution in [3.63, 3.8) is 0 Å². The largest absolute Gasteiger partial charge is 0.489 e. The molecule has 0 fully saturated rings. The van der Waals surface area contributed by atoms with E-state index in [0.29, 0.717) is 0 Å². The lowest BCUT2D eigenvalue weighted by atomic mass is 10.0. The molecule has 3 heteroatoms. The van der Waals surface area contributed by atoms with Crippen LogP contribution in [0.2, 0.25) is 5.02 Å². The summed E-state index contributed by atoms with van der Waals surface area (Å²) < 4.78 is 5.79. The van der Waals surface area contributed by atoms with E-state index in [9.17, 15) is 0 Å². The molecule has 0 amide bonds. The summed E-state index contributed by atoms with van der Waals surface area (Å²) in [6.45, 7) is 9.47. The van der Waals surface area contributed by atoms with Gasteiger partial charge in [0, 0.05) is 17.1 Å². The highest BCUT2D eigenvalue weighted by Gasteiger charge is 2.15. The number of benzene rings is 1. The molecule has 1 unspecified atom stereocenters. The molecule has 1 aromatic rings. The molecule has 0 saturated heterocycles. The first kappa shape index (κ1) is 14.3. The van der Waals surface area contributed by atoms with Crippen LogP contribution in [-0.4, -0.2) is 18.2 Å². The Kier molecular flexibility index (Phi) is 5.29. The minimum atomic E-state index is 0.141. The number of hydrogen-bond donors (Lipinski definition) is 1. The second-order valence-electron chi connectivity index (χ2n) is 5.00. The summed E-state index contributed by atoms with van der Waals surface area (Å²) in [6.07, 6.45) is 1.24. The van der Waals surface area contributed by atoms with Gasteiger partial charge in [0.2, 0.25) is 0 Å². The molecule has 96 valence electrons. The summed E-state index contributed by atoms with van der Waals surface area (Å²) in [5.74, 6) is 0.859. The second-order valence-corrected chi connectivity index (χ2v) is 5.44. The first-order chi connectivity index (χ1) is 7.93. The topological polar surface area (TPSA) is 21.3 Å². The zero-order valence-corrected chi connectivity index (χ0v) is 11.8. The average molecular weight is 256 g/mol. The monoisotopic (exact) mass is 255 g/mol. The molecule has 0 aliphatic rings. The summed E-state index contributed by atoms with van der Waals surface area (Å²) in [6, 6.07) is 7.47. The van der Waals surface area contributed by atoms with E-state index in [4.69, 9.17) is 16.3 Å². The van der Waals surface area contributed by atoms with Crippen LogP contribution in [0, 0.1) is 0 Å². The van der Waals surface area contributed by atoms with E-state index in [1.165, 1.54) is 0 Å². The third-order valence-corrected chi connectivity index (χ3v) is 3.15. The van der Waals surface area contributed by atoms with Crippen LogP contribution in [0.25, 0.3) is 0 Å². The van der Waals surface area contributed by atoms with Crippen molar-refractivity contribution in [3.8, 4) is 5.75 Å². The predicted molar refractivity (Wildman–Crippen MR) is 73.9 cm³/mol. The molecular formula is C14H22ClNO. The van der Waals surface area contributed by atoms with E-state index in [0.717, 1.165) is 23.7 Å². The molecule has 0 aliphatic heterocycles. The highest BCUT2D eigenvalue weighted by Crippen LogP contribution is 2.17. The van der Waals surface area contributed by atoms with Crippen molar-refractivity contribution < 1.29 is 4.74 Å². The van der Waals surface area contributed by atoms with Gasteiger partial charge in [0.25, 0.3) is 0 Å². The van der Waals surface area contributed by atoms with Crippen LogP contribution in [0.1, 0.15) is 34.1 Å². The van der Waals surface area contributed by atoms with Crippen LogP contribution < -0.4 is 10.1 Å². The van der Waals surface area contributed by atoms with Crippen LogP contribution in [0.15, 0.2) is 24.3 Å². The summed E-state index contributed by atoms with van der Waals surface area (Å²) in [5.41, 5.74) is 0.164. The number of rotatable bonds is 6. The Balaban J connectivity index is 2.39. The molecule has 0 aromatic heterocycles. The third-order valence-electron chi connectivity index (χ3n) is 2.90. The van der Waals surface area contributed by atoms with Crippen molar-refractivity contribution in [2.24, 2.45) is 0 Å². The molecule has 1 aromatic carbocycles. The maximum Gasteiger partial charge on any atom is 0.119 e. The Labute approximate surface area is 109 Å². The molecule has 2 nitrogen and oxygen atoms in total.